The van der Waals surface area contributed by atoms with Gasteiger partial charge in [0.05, 0.1) is 16.2 Å². The lowest BCUT2D eigenvalue weighted by Gasteiger charge is -2.16. The molecule has 1 rings (SSSR count). The molecule has 5 nitrogen and oxygen atoms in total. The van der Waals surface area contributed by atoms with Crippen molar-refractivity contribution in [3.8, 4) is 0 Å². The molecule has 0 fully saturated rings. The molecule has 0 saturated carbocycles. The Morgan fingerprint density at radius 3 is 2.33 bits per heavy atom. The van der Waals surface area contributed by atoms with E-state index in [1.54, 1.807) is 0 Å². The minimum Gasteiger partial charge on any atom is -0.272 e. The van der Waals surface area contributed by atoms with Gasteiger partial charge in [0.25, 0.3) is 11.6 Å². The molecule has 0 N–H and O–H groups in total. The Hall–Kier alpha value is -2.19. The molecule has 0 aliphatic rings. The first-order valence-electron chi connectivity index (χ1n) is 4.46. The molecule has 9 heteroatoms. The van der Waals surface area contributed by atoms with Crippen LogP contribution in [-0.4, -0.2) is 10.8 Å². The highest BCUT2D eigenvalue weighted by atomic mass is 19.4. The van der Waals surface area contributed by atoms with Crippen molar-refractivity contribution in [3.05, 3.63) is 33.9 Å². The molecule has 0 unspecified atom stereocenters. The number of hydrogen-bond acceptors (Lipinski definition) is 3. The molecule has 0 aliphatic heterocycles. The SMILES string of the molecule is CC(=O)N(F)c1ccc([N+](=O)[O-])cc1C(F)(F)F. The molecule has 1 aromatic rings. The van der Waals surface area contributed by atoms with E-state index in [-0.39, 0.29) is 6.07 Å². The fourth-order valence-electron chi connectivity index (χ4n) is 1.21. The first-order chi connectivity index (χ1) is 8.14. The lowest BCUT2D eigenvalue weighted by molar-refractivity contribution is -0.385. The maximum Gasteiger partial charge on any atom is 0.418 e. The van der Waals surface area contributed by atoms with Crippen LogP contribution in [0.4, 0.5) is 29.0 Å². The smallest absolute Gasteiger partial charge is 0.272 e. The van der Waals surface area contributed by atoms with Crippen molar-refractivity contribution < 1.29 is 27.4 Å². The lowest BCUT2D eigenvalue weighted by Crippen LogP contribution is -2.22. The van der Waals surface area contributed by atoms with E-state index in [1.807, 2.05) is 0 Å². The summed E-state index contributed by atoms with van der Waals surface area (Å²) in [5.41, 5.74) is -3.52. The number of amides is 1. The topological polar surface area (TPSA) is 63.5 Å². The van der Waals surface area contributed by atoms with Gasteiger partial charge in [-0.05, 0) is 6.07 Å². The van der Waals surface area contributed by atoms with Crippen molar-refractivity contribution in [2.45, 2.75) is 13.1 Å². The van der Waals surface area contributed by atoms with Crippen molar-refractivity contribution in [2.75, 3.05) is 5.12 Å². The molecule has 0 heterocycles. The minimum atomic E-state index is -5.01. The molecule has 18 heavy (non-hydrogen) atoms. The van der Waals surface area contributed by atoms with E-state index in [1.165, 1.54) is 0 Å². The molecule has 0 saturated heterocycles. The van der Waals surface area contributed by atoms with E-state index >= 15 is 0 Å². The average Bonchev–Trinajstić information content (AvgIpc) is 2.25. The van der Waals surface area contributed by atoms with Crippen LogP contribution in [0.5, 0.6) is 0 Å². The van der Waals surface area contributed by atoms with Crippen molar-refractivity contribution in [1.82, 2.24) is 0 Å². The van der Waals surface area contributed by atoms with Gasteiger partial charge in [-0.25, -0.2) is 0 Å². The van der Waals surface area contributed by atoms with Gasteiger partial charge >= 0.3 is 6.18 Å². The summed E-state index contributed by atoms with van der Waals surface area (Å²) < 4.78 is 51.0. The van der Waals surface area contributed by atoms with Crippen LogP contribution in [0.1, 0.15) is 12.5 Å². The van der Waals surface area contributed by atoms with E-state index in [0.717, 1.165) is 6.92 Å². The van der Waals surface area contributed by atoms with Gasteiger partial charge in [-0.3, -0.25) is 14.9 Å². The van der Waals surface area contributed by atoms with Crippen molar-refractivity contribution >= 4 is 17.3 Å². The number of carbonyl (C=O) groups is 1. The summed E-state index contributed by atoms with van der Waals surface area (Å²) >= 11 is 0. The summed E-state index contributed by atoms with van der Waals surface area (Å²) in [6.45, 7) is 0.724. The third-order valence-electron chi connectivity index (χ3n) is 1.98. The summed E-state index contributed by atoms with van der Waals surface area (Å²) in [6, 6.07) is 1.38. The van der Waals surface area contributed by atoms with Gasteiger partial charge in [0.2, 0.25) is 0 Å². The Morgan fingerprint density at radius 2 is 1.94 bits per heavy atom. The molecule has 1 aromatic carbocycles. The van der Waals surface area contributed by atoms with Crippen LogP contribution in [0.3, 0.4) is 0 Å². The number of halogens is 4. The summed E-state index contributed by atoms with van der Waals surface area (Å²) in [5, 5.41) is 9.64. The summed E-state index contributed by atoms with van der Waals surface area (Å²) in [6.07, 6.45) is -5.01. The molecule has 0 aliphatic carbocycles. The molecular weight excluding hydrogens is 260 g/mol. The number of anilines is 1. The van der Waals surface area contributed by atoms with Crippen LogP contribution in [0.25, 0.3) is 0 Å². The van der Waals surface area contributed by atoms with Gasteiger partial charge in [0.15, 0.2) is 0 Å². The maximum absolute atomic E-state index is 13.2. The highest BCUT2D eigenvalue weighted by Gasteiger charge is 2.37. The number of carbonyl (C=O) groups excluding carboxylic acids is 1. The molecule has 0 radical (unpaired) electrons. The molecule has 0 spiro atoms. The Bertz CT molecular complexity index is 501. The minimum absolute atomic E-state index is 0.171. The Balaban J connectivity index is 3.44. The zero-order valence-corrected chi connectivity index (χ0v) is 8.86. The second kappa shape index (κ2) is 4.59. The monoisotopic (exact) mass is 266 g/mol. The number of non-ortho nitro benzene ring substituents is 1. The quantitative estimate of drug-likeness (QED) is 0.358. The van der Waals surface area contributed by atoms with Crippen LogP contribution < -0.4 is 5.12 Å². The van der Waals surface area contributed by atoms with Gasteiger partial charge in [-0.2, -0.15) is 13.2 Å². The number of alkyl halides is 3. The van der Waals surface area contributed by atoms with Gasteiger partial charge in [0, 0.05) is 19.1 Å². The van der Waals surface area contributed by atoms with Gasteiger partial charge < -0.3 is 0 Å². The lowest BCUT2D eigenvalue weighted by atomic mass is 10.1. The van der Waals surface area contributed by atoms with E-state index in [2.05, 4.69) is 0 Å². The van der Waals surface area contributed by atoms with Crippen molar-refractivity contribution in [3.63, 3.8) is 0 Å². The second-order valence-corrected chi connectivity index (χ2v) is 3.26. The number of nitrogens with zero attached hydrogens (tertiary/aromatic N) is 2. The number of nitro benzene ring substituents is 1. The fourth-order valence-corrected chi connectivity index (χ4v) is 1.21. The highest BCUT2D eigenvalue weighted by molar-refractivity contribution is 5.90. The highest BCUT2D eigenvalue weighted by Crippen LogP contribution is 2.38. The van der Waals surface area contributed by atoms with Crippen LogP contribution in [0.15, 0.2) is 18.2 Å². The molecule has 98 valence electrons. The van der Waals surface area contributed by atoms with E-state index in [9.17, 15) is 32.6 Å². The Kier molecular flexibility index (Phi) is 3.54. The summed E-state index contributed by atoms with van der Waals surface area (Å²) in [4.78, 5) is 20.0. The molecular formula is C9H6F4N2O3. The predicted molar refractivity (Wildman–Crippen MR) is 52.4 cm³/mol. The van der Waals surface area contributed by atoms with Crippen LogP contribution in [0, 0.1) is 10.1 Å². The first-order valence-corrected chi connectivity index (χ1v) is 4.46. The van der Waals surface area contributed by atoms with E-state index in [0.29, 0.717) is 12.1 Å². The molecule has 0 bridgehead atoms. The third kappa shape index (κ3) is 2.73. The van der Waals surface area contributed by atoms with E-state index < -0.39 is 39.1 Å². The number of nitro groups is 1. The normalized spacial score (nSPS) is 11.2. The number of rotatable bonds is 2. The fraction of sp³-hybridized carbons (Fsp3) is 0.222. The first kappa shape index (κ1) is 13.9. The number of hydrogen-bond donors (Lipinski definition) is 0. The Morgan fingerprint density at radius 1 is 1.39 bits per heavy atom. The maximum atomic E-state index is 13.2. The zero-order chi connectivity index (χ0) is 14.1. The van der Waals surface area contributed by atoms with Crippen LogP contribution in [-0.2, 0) is 11.0 Å². The molecule has 0 aromatic heterocycles. The Labute approximate surface area is 97.7 Å². The van der Waals surface area contributed by atoms with Crippen LogP contribution >= 0.6 is 0 Å². The summed E-state index contributed by atoms with van der Waals surface area (Å²) in [5.74, 6) is -1.27. The van der Waals surface area contributed by atoms with Gasteiger partial charge in [-0.15, -0.1) is 5.12 Å². The largest absolute Gasteiger partial charge is 0.418 e. The van der Waals surface area contributed by atoms with E-state index in [4.69, 9.17) is 0 Å². The zero-order valence-electron chi connectivity index (χ0n) is 8.86. The summed E-state index contributed by atoms with van der Waals surface area (Å²) in [7, 11) is 0. The number of benzene rings is 1. The van der Waals surface area contributed by atoms with Crippen LogP contribution in [0.2, 0.25) is 0 Å². The average molecular weight is 266 g/mol. The standard InChI is InChI=1S/C9H6F4N2O3/c1-5(16)14(13)8-3-2-6(15(17)18)4-7(8)9(10,11)12/h2-4H,1H3. The van der Waals surface area contributed by atoms with Crippen molar-refractivity contribution in [1.29, 1.82) is 0 Å². The van der Waals surface area contributed by atoms with Crippen molar-refractivity contribution in [2.24, 2.45) is 0 Å². The van der Waals surface area contributed by atoms with Gasteiger partial charge in [-0.1, -0.05) is 4.48 Å². The predicted octanol–water partition coefficient (Wildman–Crippen LogP) is 2.85. The molecule has 1 amide bonds. The third-order valence-corrected chi connectivity index (χ3v) is 1.98. The van der Waals surface area contributed by atoms with Gasteiger partial charge in [0.1, 0.15) is 0 Å². The second-order valence-electron chi connectivity index (χ2n) is 3.26. The molecule has 0 atom stereocenters.